The van der Waals surface area contributed by atoms with Gasteiger partial charge in [-0.15, -0.1) is 8.78 Å². The third kappa shape index (κ3) is 5.16. The molecular formula is C20H17F2NO7. The van der Waals surface area contributed by atoms with Crippen molar-refractivity contribution in [3.63, 3.8) is 0 Å². The maximum Gasteiger partial charge on any atom is 0.586 e. The molecule has 1 heterocycles. The molecule has 1 amide bonds. The lowest BCUT2D eigenvalue weighted by Crippen LogP contribution is -2.25. The van der Waals surface area contributed by atoms with E-state index < -0.39 is 24.8 Å². The van der Waals surface area contributed by atoms with Crippen molar-refractivity contribution in [1.29, 1.82) is 0 Å². The zero-order valence-corrected chi connectivity index (χ0v) is 15.9. The van der Waals surface area contributed by atoms with E-state index in [1.165, 1.54) is 38.5 Å². The van der Waals surface area contributed by atoms with Crippen LogP contribution >= 0.6 is 0 Å². The Kier molecular flexibility index (Phi) is 6.05. The third-order valence-corrected chi connectivity index (χ3v) is 3.87. The first-order chi connectivity index (χ1) is 14.3. The number of fused-ring (bicyclic) bond motifs is 1. The molecule has 2 aromatic rings. The number of alkyl halides is 2. The summed E-state index contributed by atoms with van der Waals surface area (Å²) in [4.78, 5) is 23.8. The predicted molar refractivity (Wildman–Crippen MR) is 101 cm³/mol. The molecule has 1 aliphatic rings. The zero-order valence-electron chi connectivity index (χ0n) is 15.9. The Hall–Kier alpha value is -3.82. The molecular weight excluding hydrogens is 404 g/mol. The molecule has 0 bridgehead atoms. The van der Waals surface area contributed by atoms with Crippen LogP contribution < -0.4 is 24.3 Å². The molecule has 3 rings (SSSR count). The smallest absolute Gasteiger partial charge is 0.497 e. The normalized spacial score (nSPS) is 13.7. The van der Waals surface area contributed by atoms with Crippen LogP contribution in [0.3, 0.4) is 0 Å². The molecule has 0 saturated heterocycles. The van der Waals surface area contributed by atoms with Crippen molar-refractivity contribution in [2.24, 2.45) is 0 Å². The minimum absolute atomic E-state index is 0.150. The lowest BCUT2D eigenvalue weighted by molar-refractivity contribution is -0.286. The number of rotatable bonds is 7. The molecule has 158 valence electrons. The number of carbonyl (C=O) groups is 2. The van der Waals surface area contributed by atoms with Gasteiger partial charge in [-0.1, -0.05) is 0 Å². The number of methoxy groups -OCH3 is 2. The number of hydrogen-bond donors (Lipinski definition) is 1. The van der Waals surface area contributed by atoms with E-state index >= 15 is 0 Å². The molecule has 10 heteroatoms. The largest absolute Gasteiger partial charge is 0.586 e. The molecule has 1 N–H and O–H groups in total. The summed E-state index contributed by atoms with van der Waals surface area (Å²) in [5.41, 5.74) is 0.753. The molecule has 0 unspecified atom stereocenters. The monoisotopic (exact) mass is 421 g/mol. The van der Waals surface area contributed by atoms with Crippen LogP contribution in [0.15, 0.2) is 42.5 Å². The number of ether oxygens (including phenoxy) is 5. The van der Waals surface area contributed by atoms with E-state index in [1.807, 2.05) is 0 Å². The van der Waals surface area contributed by atoms with E-state index in [9.17, 15) is 18.4 Å². The van der Waals surface area contributed by atoms with Crippen LogP contribution in [0.4, 0.5) is 14.5 Å². The minimum Gasteiger partial charge on any atom is -0.497 e. The number of anilines is 1. The molecule has 0 atom stereocenters. The van der Waals surface area contributed by atoms with Gasteiger partial charge in [-0.2, -0.15) is 0 Å². The number of benzene rings is 2. The van der Waals surface area contributed by atoms with Crippen molar-refractivity contribution in [3.8, 4) is 23.0 Å². The molecule has 0 saturated carbocycles. The van der Waals surface area contributed by atoms with Gasteiger partial charge in [0.15, 0.2) is 18.1 Å². The van der Waals surface area contributed by atoms with E-state index in [2.05, 4.69) is 14.8 Å². The van der Waals surface area contributed by atoms with Gasteiger partial charge in [-0.3, -0.25) is 4.79 Å². The summed E-state index contributed by atoms with van der Waals surface area (Å²) in [6.45, 7) is -0.580. The number of esters is 1. The van der Waals surface area contributed by atoms with Crippen molar-refractivity contribution in [2.45, 2.75) is 6.29 Å². The maximum absolute atomic E-state index is 13.0. The fraction of sp³-hybridized carbons (Fsp3) is 0.200. The maximum atomic E-state index is 13.0. The van der Waals surface area contributed by atoms with Crippen molar-refractivity contribution in [2.75, 3.05) is 26.1 Å². The van der Waals surface area contributed by atoms with Crippen LogP contribution in [0.2, 0.25) is 0 Å². The molecule has 30 heavy (non-hydrogen) atoms. The molecule has 8 nitrogen and oxygen atoms in total. The number of carbonyl (C=O) groups excluding carboxylic acids is 2. The van der Waals surface area contributed by atoms with Gasteiger partial charge in [0, 0.05) is 23.4 Å². The first kappa shape index (κ1) is 20.9. The van der Waals surface area contributed by atoms with E-state index in [0.717, 1.165) is 6.08 Å². The highest BCUT2D eigenvalue weighted by atomic mass is 19.3. The summed E-state index contributed by atoms with van der Waals surface area (Å²) in [6.07, 6.45) is -1.16. The predicted octanol–water partition coefficient (Wildman–Crippen LogP) is 3.22. The average Bonchev–Trinajstić information content (AvgIpc) is 3.03. The van der Waals surface area contributed by atoms with Crippen molar-refractivity contribution >= 4 is 23.6 Å². The molecule has 0 radical (unpaired) electrons. The van der Waals surface area contributed by atoms with Gasteiger partial charge in [0.2, 0.25) is 0 Å². The van der Waals surface area contributed by atoms with Gasteiger partial charge >= 0.3 is 12.3 Å². The van der Waals surface area contributed by atoms with Crippen molar-refractivity contribution < 1.29 is 42.1 Å². The van der Waals surface area contributed by atoms with Crippen LogP contribution in [-0.4, -0.2) is 39.0 Å². The topological polar surface area (TPSA) is 92.3 Å². The Morgan fingerprint density at radius 2 is 1.83 bits per heavy atom. The standard InChI is InChI=1S/C20H17F2NO7/c1-26-14-5-7-15(27-2)12(9-14)3-8-19(25)28-11-18(24)23-13-4-6-16-17(10-13)30-20(21,22)29-16/h3-10H,11H2,1-2H3,(H,23,24)/b8-3+. The van der Waals surface area contributed by atoms with E-state index in [4.69, 9.17) is 14.2 Å². The number of halogens is 2. The van der Waals surface area contributed by atoms with Gasteiger partial charge in [-0.05, 0) is 36.4 Å². The highest BCUT2D eigenvalue weighted by Gasteiger charge is 2.43. The Labute approximate surface area is 169 Å². The molecule has 2 aromatic carbocycles. The fourth-order valence-electron chi connectivity index (χ4n) is 2.54. The summed E-state index contributed by atoms with van der Waals surface area (Å²) in [5.74, 6) is -0.704. The van der Waals surface area contributed by atoms with Gasteiger partial charge in [0.1, 0.15) is 11.5 Å². The summed E-state index contributed by atoms with van der Waals surface area (Å²) < 4.78 is 49.8. The molecule has 0 aliphatic carbocycles. The second-order valence-electron chi connectivity index (χ2n) is 5.93. The highest BCUT2D eigenvalue weighted by Crippen LogP contribution is 2.42. The van der Waals surface area contributed by atoms with Crippen LogP contribution in [0.25, 0.3) is 6.08 Å². The Morgan fingerprint density at radius 3 is 2.57 bits per heavy atom. The van der Waals surface area contributed by atoms with Crippen LogP contribution in [0, 0.1) is 0 Å². The number of amides is 1. The van der Waals surface area contributed by atoms with E-state index in [-0.39, 0.29) is 17.2 Å². The summed E-state index contributed by atoms with van der Waals surface area (Å²) >= 11 is 0. The molecule has 0 spiro atoms. The van der Waals surface area contributed by atoms with Gasteiger partial charge in [0.25, 0.3) is 5.91 Å². The Bertz CT molecular complexity index is 991. The molecule has 1 aliphatic heterocycles. The lowest BCUT2D eigenvalue weighted by Gasteiger charge is -2.07. The first-order valence-electron chi connectivity index (χ1n) is 8.56. The average molecular weight is 421 g/mol. The van der Waals surface area contributed by atoms with Crippen molar-refractivity contribution in [1.82, 2.24) is 0 Å². The Balaban J connectivity index is 1.53. The Morgan fingerprint density at radius 1 is 1.07 bits per heavy atom. The van der Waals surface area contributed by atoms with E-state index in [0.29, 0.717) is 17.1 Å². The second-order valence-corrected chi connectivity index (χ2v) is 5.93. The molecule has 0 aromatic heterocycles. The number of hydrogen-bond acceptors (Lipinski definition) is 7. The fourth-order valence-corrected chi connectivity index (χ4v) is 2.54. The van der Waals surface area contributed by atoms with Gasteiger partial charge in [-0.25, -0.2) is 4.79 Å². The molecule has 0 fully saturated rings. The zero-order chi connectivity index (χ0) is 21.7. The van der Waals surface area contributed by atoms with Crippen LogP contribution in [0.5, 0.6) is 23.0 Å². The summed E-state index contributed by atoms with van der Waals surface area (Å²) in [5, 5.41) is 2.40. The van der Waals surface area contributed by atoms with Crippen molar-refractivity contribution in [3.05, 3.63) is 48.0 Å². The first-order valence-corrected chi connectivity index (χ1v) is 8.56. The minimum atomic E-state index is -3.75. The van der Waals surface area contributed by atoms with Crippen LogP contribution in [-0.2, 0) is 14.3 Å². The quantitative estimate of drug-likeness (QED) is 0.542. The van der Waals surface area contributed by atoms with Gasteiger partial charge < -0.3 is 29.0 Å². The van der Waals surface area contributed by atoms with Gasteiger partial charge in [0.05, 0.1) is 14.2 Å². The lowest BCUT2D eigenvalue weighted by atomic mass is 10.1. The highest BCUT2D eigenvalue weighted by molar-refractivity contribution is 5.95. The van der Waals surface area contributed by atoms with E-state index in [1.54, 1.807) is 18.2 Å². The van der Waals surface area contributed by atoms with Crippen LogP contribution in [0.1, 0.15) is 5.56 Å². The summed E-state index contributed by atoms with van der Waals surface area (Å²) in [7, 11) is 2.99. The number of nitrogens with one attached hydrogen (secondary N) is 1. The summed E-state index contributed by atoms with van der Waals surface area (Å²) in [6, 6.07) is 8.79. The third-order valence-electron chi connectivity index (χ3n) is 3.87. The SMILES string of the molecule is COc1ccc(OC)c(/C=C/C(=O)OCC(=O)Nc2ccc3c(c2)OC(F)(F)O3)c1. The second kappa shape index (κ2) is 8.68.